The van der Waals surface area contributed by atoms with Crippen LogP contribution in [0.4, 0.5) is 0 Å². The number of hydrogen-bond acceptors (Lipinski definition) is 3. The second-order valence-corrected chi connectivity index (χ2v) is 2.20. The maximum atomic E-state index is 11.1. The maximum Gasteiger partial charge on any atom is 0.164 e. The summed E-state index contributed by atoms with van der Waals surface area (Å²) in [5, 5.41) is 0. The molecular weight excluding hydrogens is 140 g/mol. The van der Waals surface area contributed by atoms with Crippen LogP contribution in [-0.4, -0.2) is 17.3 Å². The van der Waals surface area contributed by atoms with E-state index in [1.54, 1.807) is 24.5 Å². The van der Waals surface area contributed by atoms with E-state index in [1.165, 1.54) is 0 Å². The lowest BCUT2D eigenvalue weighted by Crippen LogP contribution is -2.07. The predicted molar refractivity (Wildman–Crippen MR) is 42.2 cm³/mol. The molecule has 0 atom stereocenters. The first-order chi connectivity index (χ1) is 5.34. The molecule has 0 aliphatic heterocycles. The minimum absolute atomic E-state index is 0.0786. The van der Waals surface area contributed by atoms with Gasteiger partial charge in [-0.2, -0.15) is 0 Å². The van der Waals surface area contributed by atoms with Crippen molar-refractivity contribution >= 4 is 5.78 Å². The molecule has 0 radical (unpaired) electrons. The number of rotatable bonds is 3. The number of hydrogen-bond donors (Lipinski definition) is 1. The highest BCUT2D eigenvalue weighted by Crippen LogP contribution is 1.99. The van der Waals surface area contributed by atoms with Crippen LogP contribution >= 0.6 is 0 Å². The van der Waals surface area contributed by atoms with Crippen LogP contribution < -0.4 is 5.73 Å². The SMILES string of the molecule is NCCC(=O)c1ccncc1. The third-order valence-electron chi connectivity index (χ3n) is 1.37. The molecule has 11 heavy (non-hydrogen) atoms. The Balaban J connectivity index is 2.69. The number of aromatic nitrogens is 1. The van der Waals surface area contributed by atoms with Gasteiger partial charge in [-0.1, -0.05) is 0 Å². The van der Waals surface area contributed by atoms with Gasteiger partial charge >= 0.3 is 0 Å². The first-order valence-corrected chi connectivity index (χ1v) is 3.48. The molecule has 3 nitrogen and oxygen atoms in total. The van der Waals surface area contributed by atoms with Crippen LogP contribution in [0.3, 0.4) is 0 Å². The molecule has 1 aromatic rings. The summed E-state index contributed by atoms with van der Waals surface area (Å²) in [6.07, 6.45) is 3.61. The van der Waals surface area contributed by atoms with E-state index in [-0.39, 0.29) is 5.78 Å². The molecule has 0 amide bonds. The van der Waals surface area contributed by atoms with Crippen LogP contribution in [0.1, 0.15) is 16.8 Å². The van der Waals surface area contributed by atoms with E-state index in [9.17, 15) is 4.79 Å². The van der Waals surface area contributed by atoms with Crippen molar-refractivity contribution in [1.82, 2.24) is 4.98 Å². The summed E-state index contributed by atoms with van der Waals surface area (Å²) in [5.41, 5.74) is 5.92. The van der Waals surface area contributed by atoms with Crippen LogP contribution in [0.25, 0.3) is 0 Å². The lowest BCUT2D eigenvalue weighted by Gasteiger charge is -1.95. The van der Waals surface area contributed by atoms with Gasteiger partial charge in [0, 0.05) is 24.4 Å². The molecule has 3 heteroatoms. The van der Waals surface area contributed by atoms with Crippen molar-refractivity contribution in [1.29, 1.82) is 0 Å². The molecule has 0 unspecified atom stereocenters. The van der Waals surface area contributed by atoms with Crippen molar-refractivity contribution in [2.75, 3.05) is 6.54 Å². The Kier molecular flexibility index (Phi) is 2.74. The standard InChI is InChI=1S/C8H10N2O/c9-4-1-8(11)7-2-5-10-6-3-7/h2-3,5-6H,1,4,9H2. The Labute approximate surface area is 65.2 Å². The van der Waals surface area contributed by atoms with Crippen molar-refractivity contribution in [3.63, 3.8) is 0 Å². The van der Waals surface area contributed by atoms with Gasteiger partial charge in [-0.25, -0.2) is 0 Å². The molecule has 0 fully saturated rings. The average Bonchev–Trinajstić information content (AvgIpc) is 2.07. The summed E-state index contributed by atoms with van der Waals surface area (Å²) in [4.78, 5) is 14.9. The summed E-state index contributed by atoms with van der Waals surface area (Å²) in [5.74, 6) is 0.0786. The van der Waals surface area contributed by atoms with Gasteiger partial charge in [0.1, 0.15) is 0 Å². The van der Waals surface area contributed by atoms with Crippen LogP contribution in [-0.2, 0) is 0 Å². The summed E-state index contributed by atoms with van der Waals surface area (Å²) < 4.78 is 0. The fourth-order valence-corrected chi connectivity index (χ4v) is 0.813. The number of Topliss-reactive ketones (excluding diaryl/α,β-unsaturated/α-hetero) is 1. The molecule has 0 aromatic carbocycles. The van der Waals surface area contributed by atoms with Crippen molar-refractivity contribution in [2.24, 2.45) is 5.73 Å². The average molecular weight is 150 g/mol. The monoisotopic (exact) mass is 150 g/mol. The number of carbonyl (C=O) groups is 1. The van der Waals surface area contributed by atoms with Crippen molar-refractivity contribution in [2.45, 2.75) is 6.42 Å². The summed E-state index contributed by atoms with van der Waals surface area (Å²) in [6, 6.07) is 3.38. The van der Waals surface area contributed by atoms with Crippen molar-refractivity contribution < 1.29 is 4.79 Å². The van der Waals surface area contributed by atoms with Crippen LogP contribution in [0.5, 0.6) is 0 Å². The Bertz CT molecular complexity index is 233. The van der Waals surface area contributed by atoms with E-state index in [2.05, 4.69) is 4.98 Å². The largest absolute Gasteiger partial charge is 0.330 e. The lowest BCUT2D eigenvalue weighted by molar-refractivity contribution is 0.0985. The van der Waals surface area contributed by atoms with E-state index >= 15 is 0 Å². The van der Waals surface area contributed by atoms with Crippen molar-refractivity contribution in [3.05, 3.63) is 30.1 Å². The Hall–Kier alpha value is -1.22. The van der Waals surface area contributed by atoms with Crippen molar-refractivity contribution in [3.8, 4) is 0 Å². The molecule has 0 aliphatic rings. The number of pyridine rings is 1. The first-order valence-electron chi connectivity index (χ1n) is 3.48. The zero-order valence-corrected chi connectivity index (χ0v) is 6.16. The fourth-order valence-electron chi connectivity index (χ4n) is 0.813. The second kappa shape index (κ2) is 3.83. The third kappa shape index (κ3) is 2.13. The van der Waals surface area contributed by atoms with E-state index in [1.807, 2.05) is 0 Å². The Morgan fingerprint density at radius 2 is 2.09 bits per heavy atom. The molecule has 1 aromatic heterocycles. The first kappa shape index (κ1) is 7.88. The smallest absolute Gasteiger partial charge is 0.164 e. The molecule has 0 spiro atoms. The van der Waals surface area contributed by atoms with E-state index in [0.717, 1.165) is 0 Å². The van der Waals surface area contributed by atoms with Crippen LogP contribution in [0.15, 0.2) is 24.5 Å². The van der Waals surface area contributed by atoms with Crippen LogP contribution in [0.2, 0.25) is 0 Å². The molecular formula is C8H10N2O. The van der Waals surface area contributed by atoms with Gasteiger partial charge in [0.2, 0.25) is 0 Å². The van der Waals surface area contributed by atoms with Gasteiger partial charge in [-0.05, 0) is 18.7 Å². The molecule has 58 valence electrons. The van der Waals surface area contributed by atoms with Gasteiger partial charge in [0.15, 0.2) is 5.78 Å². The highest BCUT2D eigenvalue weighted by Gasteiger charge is 2.01. The van der Waals surface area contributed by atoms with E-state index in [4.69, 9.17) is 5.73 Å². The van der Waals surface area contributed by atoms with Gasteiger partial charge in [0.05, 0.1) is 0 Å². The van der Waals surface area contributed by atoms with E-state index in [0.29, 0.717) is 18.5 Å². The Morgan fingerprint density at radius 1 is 1.45 bits per heavy atom. The van der Waals surface area contributed by atoms with Crippen LogP contribution in [0, 0.1) is 0 Å². The zero-order chi connectivity index (χ0) is 8.10. The summed E-state index contributed by atoms with van der Waals surface area (Å²) in [6.45, 7) is 0.404. The number of nitrogens with zero attached hydrogens (tertiary/aromatic N) is 1. The molecule has 2 N–H and O–H groups in total. The highest BCUT2D eigenvalue weighted by atomic mass is 16.1. The molecule has 1 heterocycles. The molecule has 0 bridgehead atoms. The van der Waals surface area contributed by atoms with Gasteiger partial charge in [-0.3, -0.25) is 9.78 Å². The Morgan fingerprint density at radius 3 is 2.64 bits per heavy atom. The molecule has 1 rings (SSSR count). The molecule has 0 saturated carbocycles. The minimum atomic E-state index is 0.0786. The van der Waals surface area contributed by atoms with E-state index < -0.39 is 0 Å². The third-order valence-corrected chi connectivity index (χ3v) is 1.37. The van der Waals surface area contributed by atoms with Gasteiger partial charge < -0.3 is 5.73 Å². The fraction of sp³-hybridized carbons (Fsp3) is 0.250. The number of carbonyl (C=O) groups excluding carboxylic acids is 1. The zero-order valence-electron chi connectivity index (χ0n) is 6.16. The molecule has 0 saturated heterocycles. The summed E-state index contributed by atoms with van der Waals surface area (Å²) >= 11 is 0. The minimum Gasteiger partial charge on any atom is -0.330 e. The highest BCUT2D eigenvalue weighted by molar-refractivity contribution is 5.95. The second-order valence-electron chi connectivity index (χ2n) is 2.20. The van der Waals surface area contributed by atoms with Gasteiger partial charge in [-0.15, -0.1) is 0 Å². The maximum absolute atomic E-state index is 11.1. The molecule has 0 aliphatic carbocycles. The normalized spacial score (nSPS) is 9.55. The number of nitrogens with two attached hydrogens (primary N) is 1. The van der Waals surface area contributed by atoms with Gasteiger partial charge in [0.25, 0.3) is 0 Å². The quantitative estimate of drug-likeness (QED) is 0.642. The predicted octanol–water partition coefficient (Wildman–Crippen LogP) is 0.613. The lowest BCUT2D eigenvalue weighted by atomic mass is 10.1. The topological polar surface area (TPSA) is 56.0 Å². The number of ketones is 1. The summed E-state index contributed by atoms with van der Waals surface area (Å²) in [7, 11) is 0.